The quantitative estimate of drug-likeness (QED) is 0.831. The lowest BCUT2D eigenvalue weighted by molar-refractivity contribution is 0.0601. The van der Waals surface area contributed by atoms with E-state index in [1.54, 1.807) is 12.3 Å². The van der Waals surface area contributed by atoms with Crippen molar-refractivity contribution in [2.75, 3.05) is 24.8 Å². The van der Waals surface area contributed by atoms with Crippen LogP contribution in [-0.2, 0) is 18.3 Å². The highest BCUT2D eigenvalue weighted by Gasteiger charge is 2.18. The molecule has 0 unspecified atom stereocenters. The number of esters is 1. The van der Waals surface area contributed by atoms with Gasteiger partial charge in [0.2, 0.25) is 0 Å². The minimum Gasteiger partial charge on any atom is -0.465 e. The molecule has 2 rings (SSSR count). The number of hydrogen-bond donors (Lipinski definition) is 1. The number of rotatable bonds is 4. The van der Waals surface area contributed by atoms with Crippen molar-refractivity contribution in [1.82, 2.24) is 14.5 Å². The Kier molecular flexibility index (Phi) is 3.88. The summed E-state index contributed by atoms with van der Waals surface area (Å²) in [5, 5.41) is 0. The number of imidazole rings is 1. The first-order valence-corrected chi connectivity index (χ1v) is 6.04. The minimum atomic E-state index is -0.466. The van der Waals surface area contributed by atoms with Crippen molar-refractivity contribution >= 4 is 17.5 Å². The van der Waals surface area contributed by atoms with Crippen molar-refractivity contribution in [2.24, 2.45) is 7.05 Å². The summed E-state index contributed by atoms with van der Waals surface area (Å²) in [6.07, 6.45) is 5.10. The molecular formula is C13H17N5O2. The molecule has 0 bridgehead atoms. The lowest BCUT2D eigenvalue weighted by Crippen LogP contribution is -2.23. The Balaban J connectivity index is 2.32. The van der Waals surface area contributed by atoms with E-state index in [-0.39, 0.29) is 0 Å². The molecule has 7 nitrogen and oxygen atoms in total. The van der Waals surface area contributed by atoms with Gasteiger partial charge in [0.1, 0.15) is 17.2 Å². The monoisotopic (exact) mass is 275 g/mol. The normalized spacial score (nSPS) is 10.3. The van der Waals surface area contributed by atoms with E-state index in [0.29, 0.717) is 23.6 Å². The van der Waals surface area contributed by atoms with E-state index >= 15 is 0 Å². The lowest BCUT2D eigenvalue weighted by atomic mass is 10.2. The van der Waals surface area contributed by atoms with Crippen molar-refractivity contribution in [3.05, 3.63) is 36.0 Å². The van der Waals surface area contributed by atoms with Gasteiger partial charge in [0.15, 0.2) is 0 Å². The number of nitrogen functional groups attached to an aromatic ring is 1. The summed E-state index contributed by atoms with van der Waals surface area (Å²) < 4.78 is 6.67. The van der Waals surface area contributed by atoms with E-state index in [0.717, 1.165) is 5.82 Å². The second kappa shape index (κ2) is 5.60. The van der Waals surface area contributed by atoms with Gasteiger partial charge in [0, 0.05) is 26.5 Å². The molecule has 2 aromatic heterocycles. The zero-order valence-corrected chi connectivity index (χ0v) is 11.7. The summed E-state index contributed by atoms with van der Waals surface area (Å²) in [4.78, 5) is 22.1. The Morgan fingerprint density at radius 1 is 1.50 bits per heavy atom. The molecule has 0 atom stereocenters. The molecule has 0 aliphatic carbocycles. The average molecular weight is 275 g/mol. The van der Waals surface area contributed by atoms with E-state index in [1.807, 2.05) is 29.8 Å². The Morgan fingerprint density at radius 3 is 2.85 bits per heavy atom. The Morgan fingerprint density at radius 2 is 2.25 bits per heavy atom. The molecule has 2 N–H and O–H groups in total. The van der Waals surface area contributed by atoms with Crippen LogP contribution in [0.3, 0.4) is 0 Å². The predicted octanol–water partition coefficient (Wildman–Crippen LogP) is 0.820. The molecule has 2 aromatic rings. The molecule has 0 saturated heterocycles. The second-order valence-corrected chi connectivity index (χ2v) is 4.44. The topological polar surface area (TPSA) is 86.3 Å². The van der Waals surface area contributed by atoms with Gasteiger partial charge in [-0.15, -0.1) is 0 Å². The van der Waals surface area contributed by atoms with E-state index < -0.39 is 5.97 Å². The van der Waals surface area contributed by atoms with Gasteiger partial charge in [0.25, 0.3) is 0 Å². The summed E-state index contributed by atoms with van der Waals surface area (Å²) in [5.41, 5.74) is 6.43. The van der Waals surface area contributed by atoms with Crippen molar-refractivity contribution in [3.63, 3.8) is 0 Å². The van der Waals surface area contributed by atoms with Gasteiger partial charge in [-0.05, 0) is 6.07 Å². The number of nitrogens with two attached hydrogens (primary N) is 1. The van der Waals surface area contributed by atoms with Gasteiger partial charge < -0.3 is 19.9 Å². The van der Waals surface area contributed by atoms with Crippen LogP contribution in [-0.4, -0.2) is 34.7 Å². The maximum atomic E-state index is 11.8. The molecule has 0 spiro atoms. The molecule has 0 saturated carbocycles. The molecular weight excluding hydrogens is 258 g/mol. The second-order valence-electron chi connectivity index (χ2n) is 4.44. The fourth-order valence-electron chi connectivity index (χ4n) is 1.87. The van der Waals surface area contributed by atoms with Crippen molar-refractivity contribution in [1.29, 1.82) is 0 Å². The highest BCUT2D eigenvalue weighted by atomic mass is 16.5. The first-order chi connectivity index (χ1) is 9.52. The SMILES string of the molecule is COC(=O)c1cc(N)cnc1N(C)Cc1nccn1C. The van der Waals surface area contributed by atoms with Gasteiger partial charge >= 0.3 is 5.97 Å². The number of anilines is 2. The highest BCUT2D eigenvalue weighted by Crippen LogP contribution is 2.21. The zero-order chi connectivity index (χ0) is 14.7. The van der Waals surface area contributed by atoms with Gasteiger partial charge in [0.05, 0.1) is 25.5 Å². The molecule has 0 amide bonds. The number of carbonyl (C=O) groups excluding carboxylic acids is 1. The predicted molar refractivity (Wildman–Crippen MR) is 75.3 cm³/mol. The zero-order valence-electron chi connectivity index (χ0n) is 11.7. The smallest absolute Gasteiger partial charge is 0.341 e. The van der Waals surface area contributed by atoms with Gasteiger partial charge in [-0.25, -0.2) is 14.8 Å². The fourth-order valence-corrected chi connectivity index (χ4v) is 1.87. The number of aryl methyl sites for hydroxylation is 1. The van der Waals surface area contributed by atoms with E-state index in [1.165, 1.54) is 13.3 Å². The van der Waals surface area contributed by atoms with Crippen LogP contribution in [0.1, 0.15) is 16.2 Å². The van der Waals surface area contributed by atoms with Gasteiger partial charge in [-0.3, -0.25) is 0 Å². The Hall–Kier alpha value is -2.57. The summed E-state index contributed by atoms with van der Waals surface area (Å²) in [6.45, 7) is 0.518. The largest absolute Gasteiger partial charge is 0.465 e. The van der Waals surface area contributed by atoms with Gasteiger partial charge in [-0.2, -0.15) is 0 Å². The third-order valence-corrected chi connectivity index (χ3v) is 2.95. The molecule has 2 heterocycles. The number of nitrogens with zero attached hydrogens (tertiary/aromatic N) is 4. The third kappa shape index (κ3) is 2.71. The third-order valence-electron chi connectivity index (χ3n) is 2.95. The van der Waals surface area contributed by atoms with Crippen molar-refractivity contribution in [2.45, 2.75) is 6.54 Å². The van der Waals surface area contributed by atoms with Gasteiger partial charge in [-0.1, -0.05) is 0 Å². The number of hydrogen-bond acceptors (Lipinski definition) is 6. The number of methoxy groups -OCH3 is 1. The maximum Gasteiger partial charge on any atom is 0.341 e. The van der Waals surface area contributed by atoms with Crippen LogP contribution < -0.4 is 10.6 Å². The fraction of sp³-hybridized carbons (Fsp3) is 0.308. The van der Waals surface area contributed by atoms with Crippen LogP contribution in [0.5, 0.6) is 0 Å². The summed E-state index contributed by atoms with van der Waals surface area (Å²) in [5.74, 6) is 0.905. The average Bonchev–Trinajstić information content (AvgIpc) is 2.83. The molecule has 0 radical (unpaired) electrons. The van der Waals surface area contributed by atoms with Crippen LogP contribution in [0.4, 0.5) is 11.5 Å². The molecule has 0 aliphatic rings. The summed E-state index contributed by atoms with van der Waals surface area (Å²) in [7, 11) is 5.07. The Bertz CT molecular complexity index is 623. The summed E-state index contributed by atoms with van der Waals surface area (Å²) >= 11 is 0. The van der Waals surface area contributed by atoms with Crippen LogP contribution in [0.25, 0.3) is 0 Å². The molecule has 0 aliphatic heterocycles. The number of aromatic nitrogens is 3. The molecule has 106 valence electrons. The van der Waals surface area contributed by atoms with Crippen LogP contribution in [0.15, 0.2) is 24.7 Å². The van der Waals surface area contributed by atoms with Crippen LogP contribution >= 0.6 is 0 Å². The lowest BCUT2D eigenvalue weighted by Gasteiger charge is -2.20. The standard InChI is InChI=1S/C13H17N5O2/c1-17-5-4-15-11(17)8-18(2)12-10(13(19)20-3)6-9(14)7-16-12/h4-7H,8,14H2,1-3H3. The van der Waals surface area contributed by atoms with E-state index in [9.17, 15) is 4.79 Å². The molecule has 0 fully saturated rings. The number of carbonyl (C=O) groups is 1. The highest BCUT2D eigenvalue weighted by molar-refractivity contribution is 5.95. The number of ether oxygens (including phenoxy) is 1. The first kappa shape index (κ1) is 13.9. The van der Waals surface area contributed by atoms with Crippen LogP contribution in [0.2, 0.25) is 0 Å². The van der Waals surface area contributed by atoms with E-state index in [2.05, 4.69) is 9.97 Å². The minimum absolute atomic E-state index is 0.337. The van der Waals surface area contributed by atoms with Crippen molar-refractivity contribution < 1.29 is 9.53 Å². The molecule has 7 heteroatoms. The maximum absolute atomic E-state index is 11.8. The Labute approximate surface area is 117 Å². The van der Waals surface area contributed by atoms with E-state index in [4.69, 9.17) is 10.5 Å². The summed E-state index contributed by atoms with van der Waals surface area (Å²) in [6, 6.07) is 1.56. The number of pyridine rings is 1. The van der Waals surface area contributed by atoms with Crippen LogP contribution in [0, 0.1) is 0 Å². The molecule has 20 heavy (non-hydrogen) atoms. The first-order valence-electron chi connectivity index (χ1n) is 6.04. The van der Waals surface area contributed by atoms with Crippen molar-refractivity contribution in [3.8, 4) is 0 Å². The molecule has 0 aromatic carbocycles.